The first-order chi connectivity index (χ1) is 44.6. The van der Waals surface area contributed by atoms with E-state index in [4.69, 9.17) is 0 Å². The van der Waals surface area contributed by atoms with E-state index in [2.05, 4.69) is 150 Å². The Labute approximate surface area is 581 Å². The van der Waals surface area contributed by atoms with Crippen LogP contribution in [0.4, 0.5) is 0 Å². The summed E-state index contributed by atoms with van der Waals surface area (Å²) in [6.07, 6.45) is 82.9. The summed E-state index contributed by atoms with van der Waals surface area (Å²) in [4.78, 5) is 10.5. The highest BCUT2D eigenvalue weighted by Gasteiger charge is 2.17. The third-order valence-electron chi connectivity index (χ3n) is 18.6. The van der Waals surface area contributed by atoms with Crippen molar-refractivity contribution in [2.45, 2.75) is 384 Å². The van der Waals surface area contributed by atoms with Crippen LogP contribution in [0.25, 0.3) is 0 Å². The van der Waals surface area contributed by atoms with Crippen molar-refractivity contribution in [1.82, 2.24) is 19.6 Å². The molecule has 0 saturated carbocycles. The van der Waals surface area contributed by atoms with Crippen LogP contribution in [-0.2, 0) is 0 Å². The van der Waals surface area contributed by atoms with Crippen molar-refractivity contribution >= 4 is 12.6 Å². The normalized spacial score (nSPS) is 14.5. The van der Waals surface area contributed by atoms with Gasteiger partial charge in [-0.25, -0.2) is 0 Å². The van der Waals surface area contributed by atoms with E-state index in [9.17, 15) is 5.11 Å². The lowest BCUT2D eigenvalue weighted by Gasteiger charge is -2.34. The van der Waals surface area contributed by atoms with Crippen LogP contribution in [0.1, 0.15) is 378 Å². The van der Waals surface area contributed by atoms with E-state index >= 15 is 0 Å². The second-order valence-corrected chi connectivity index (χ2v) is 28.8. The third-order valence-corrected chi connectivity index (χ3v) is 18.9. The maximum atomic E-state index is 10.8. The fourth-order valence-corrected chi connectivity index (χ4v) is 12.9. The first-order valence-corrected chi connectivity index (χ1v) is 41.7. The lowest BCUT2D eigenvalue weighted by Crippen LogP contribution is -2.46. The van der Waals surface area contributed by atoms with Gasteiger partial charge in [0.2, 0.25) is 0 Å². The summed E-state index contributed by atoms with van der Waals surface area (Å²) >= 11 is 4.49. The summed E-state index contributed by atoms with van der Waals surface area (Å²) in [5.74, 6) is 3.34. The lowest BCUT2D eigenvalue weighted by atomic mass is 9.99. The van der Waals surface area contributed by atoms with Crippen molar-refractivity contribution < 1.29 is 5.11 Å². The zero-order valence-electron chi connectivity index (χ0n) is 64.3. The number of piperazine rings is 1. The summed E-state index contributed by atoms with van der Waals surface area (Å²) in [7, 11) is 0. The molecule has 0 spiro atoms. The Bertz CT molecular complexity index is 1420. The third kappa shape index (κ3) is 76.1. The van der Waals surface area contributed by atoms with Crippen LogP contribution in [0, 0.1) is 17.8 Å². The van der Waals surface area contributed by atoms with Crippen LogP contribution in [0.5, 0.6) is 0 Å². The van der Waals surface area contributed by atoms with Crippen molar-refractivity contribution in [3.8, 4) is 0 Å². The molecule has 4 atom stereocenters. The molecule has 0 amide bonds. The Hall–Kier alpha value is -1.15. The predicted molar refractivity (Wildman–Crippen MR) is 422 cm³/mol. The molecular formula is C85H170N4OS. The molecule has 4 unspecified atom stereocenters. The minimum atomic E-state index is -0.155. The van der Waals surface area contributed by atoms with Gasteiger partial charge in [-0.15, -0.1) is 6.58 Å². The summed E-state index contributed by atoms with van der Waals surface area (Å²) in [6.45, 7) is 43.6. The molecule has 0 aliphatic carbocycles. The summed E-state index contributed by atoms with van der Waals surface area (Å²) in [5.41, 5.74) is 0. The van der Waals surface area contributed by atoms with Gasteiger partial charge in [0.1, 0.15) is 0 Å². The molecule has 1 aliphatic rings. The molecular weight excluding hydrogens is 1130 g/mol. The van der Waals surface area contributed by atoms with Crippen LogP contribution < -0.4 is 0 Å². The van der Waals surface area contributed by atoms with E-state index in [0.717, 1.165) is 56.0 Å². The molecule has 0 bridgehead atoms. The Balaban J connectivity index is -0.00000139. The molecule has 1 saturated heterocycles. The summed E-state index contributed by atoms with van der Waals surface area (Å²) < 4.78 is 0. The molecule has 1 fully saturated rings. The quantitative estimate of drug-likeness (QED) is 0.0275. The number of aliphatic hydroxyl groups is 1. The van der Waals surface area contributed by atoms with Crippen molar-refractivity contribution in [2.24, 2.45) is 17.8 Å². The van der Waals surface area contributed by atoms with Gasteiger partial charge in [-0.1, -0.05) is 323 Å². The van der Waals surface area contributed by atoms with Crippen molar-refractivity contribution in [1.29, 1.82) is 0 Å². The number of rotatable bonds is 65. The molecule has 0 radical (unpaired) electrons. The molecule has 0 aromatic rings. The average molecular weight is 1300 g/mol. The van der Waals surface area contributed by atoms with Gasteiger partial charge in [0.05, 0.1) is 6.10 Å². The zero-order chi connectivity index (χ0) is 67.4. The number of nitrogens with zero attached hydrogens (tertiary/aromatic N) is 4. The average Bonchev–Trinajstić information content (AvgIpc) is 3.66. The minimum absolute atomic E-state index is 0.155. The molecule has 1 aliphatic heterocycles. The van der Waals surface area contributed by atoms with Crippen molar-refractivity contribution in [3.05, 3.63) is 61.3 Å². The summed E-state index contributed by atoms with van der Waals surface area (Å²) in [5, 5.41) is 10.8. The SMILES string of the molecule is C=CCCCCN(CC(C)CCCCCCCCCCCC)CC(O)CCCCCCCCCCCC.CC.CCCCC=CC=CCCCCCCC(C)CN(CCCS)CC(C)CCCCCC=CC=CCCCCC.CCCCN1CCN(CCC)CC1. The summed E-state index contributed by atoms with van der Waals surface area (Å²) in [6, 6.07) is 0. The number of hydrogen-bond acceptors (Lipinski definition) is 6. The van der Waals surface area contributed by atoms with E-state index in [1.807, 2.05) is 19.9 Å². The topological polar surface area (TPSA) is 33.2 Å². The molecule has 0 aromatic heterocycles. The highest BCUT2D eigenvalue weighted by Crippen LogP contribution is 2.20. The Morgan fingerprint density at radius 1 is 0.352 bits per heavy atom. The van der Waals surface area contributed by atoms with Gasteiger partial charge in [-0.05, 0) is 159 Å². The fraction of sp³-hybridized carbons (Fsp3) is 0.882. The van der Waals surface area contributed by atoms with Crippen LogP contribution in [0.2, 0.25) is 0 Å². The van der Waals surface area contributed by atoms with E-state index in [1.165, 1.54) is 348 Å². The molecule has 1 N–H and O–H groups in total. The van der Waals surface area contributed by atoms with Crippen molar-refractivity contribution in [2.75, 3.05) is 84.3 Å². The van der Waals surface area contributed by atoms with E-state index in [0.29, 0.717) is 0 Å². The fourth-order valence-electron chi connectivity index (χ4n) is 12.8. The van der Waals surface area contributed by atoms with Crippen LogP contribution in [-0.4, -0.2) is 115 Å². The van der Waals surface area contributed by atoms with Gasteiger partial charge in [0, 0.05) is 52.4 Å². The molecule has 6 heteroatoms. The largest absolute Gasteiger partial charge is 0.392 e. The minimum Gasteiger partial charge on any atom is -0.392 e. The van der Waals surface area contributed by atoms with Crippen LogP contribution in [0.3, 0.4) is 0 Å². The zero-order valence-corrected chi connectivity index (χ0v) is 65.2. The molecule has 1 rings (SSSR count). The van der Waals surface area contributed by atoms with Gasteiger partial charge in [-0.3, -0.25) is 0 Å². The first kappa shape index (κ1) is 94.0. The van der Waals surface area contributed by atoms with Crippen LogP contribution in [0.15, 0.2) is 61.3 Å². The predicted octanol–water partition coefficient (Wildman–Crippen LogP) is 26.3. The van der Waals surface area contributed by atoms with E-state index < -0.39 is 0 Å². The molecule has 542 valence electrons. The molecule has 5 nitrogen and oxygen atoms in total. The highest BCUT2D eigenvalue weighted by molar-refractivity contribution is 7.80. The second kappa shape index (κ2) is 81.3. The van der Waals surface area contributed by atoms with E-state index in [1.54, 1.807) is 0 Å². The van der Waals surface area contributed by atoms with Gasteiger partial charge >= 0.3 is 0 Å². The van der Waals surface area contributed by atoms with Gasteiger partial charge in [-0.2, -0.15) is 12.6 Å². The highest BCUT2D eigenvalue weighted by atomic mass is 32.1. The van der Waals surface area contributed by atoms with Crippen LogP contribution >= 0.6 is 12.6 Å². The first-order valence-electron chi connectivity index (χ1n) is 41.1. The Kier molecular flexibility index (Phi) is 84.0. The van der Waals surface area contributed by atoms with Gasteiger partial charge < -0.3 is 24.7 Å². The lowest BCUT2D eigenvalue weighted by molar-refractivity contribution is 0.0931. The maximum Gasteiger partial charge on any atom is 0.0667 e. The Morgan fingerprint density at radius 2 is 0.659 bits per heavy atom. The Morgan fingerprint density at radius 3 is 1.05 bits per heavy atom. The van der Waals surface area contributed by atoms with Gasteiger partial charge in [0.15, 0.2) is 0 Å². The number of thiol groups is 1. The number of aliphatic hydroxyl groups excluding tert-OH is 1. The molecule has 91 heavy (non-hydrogen) atoms. The molecule has 1 heterocycles. The number of hydrogen-bond donors (Lipinski definition) is 2. The molecule has 0 aromatic carbocycles. The standard InChI is InChI=1S/C37H69NS.C35H71NO.C11H24N2.C2H6/c1-5-7-9-11-13-15-17-19-21-23-25-27-30-36(3)34-38(32-29-33-39)35-37(4)31-28-26-24-22-20-18-16-14-12-10-8-6-2;1-5-8-11-14-16-18-20-22-24-26-29-34(4)32-36(31-28-13-10-7-3)33-35(37)30-27-25-23-21-19-17-15-12-9-6-2;1-3-5-7-13-10-8-12(6-4-2)9-11-13;1-2/h11,13-18,20,36-37,39H,5-10,12,19,21-35H2,1-4H3;7,34-35,37H,3,5-6,8-33H2,1-2,4H3;3-11H2,1-2H3;1-2H3. The van der Waals surface area contributed by atoms with Gasteiger partial charge in [0.25, 0.3) is 0 Å². The number of allylic oxidation sites excluding steroid dienone is 9. The number of unbranched alkanes of at least 4 members (excludes halogenated alkanes) is 33. The van der Waals surface area contributed by atoms with Crippen molar-refractivity contribution in [3.63, 3.8) is 0 Å². The maximum absolute atomic E-state index is 10.8. The smallest absolute Gasteiger partial charge is 0.0667 e. The monoisotopic (exact) mass is 1300 g/mol. The second-order valence-electron chi connectivity index (χ2n) is 28.3. The van der Waals surface area contributed by atoms with E-state index in [-0.39, 0.29) is 6.10 Å².